The van der Waals surface area contributed by atoms with E-state index in [9.17, 15) is 4.79 Å². The molecule has 0 saturated heterocycles. The molecule has 0 aromatic heterocycles. The summed E-state index contributed by atoms with van der Waals surface area (Å²) in [6, 6.07) is -0.743. The number of carbonyl (C=O) groups is 1. The first-order valence-corrected chi connectivity index (χ1v) is 4.50. The zero-order valence-electron chi connectivity index (χ0n) is 6.08. The Morgan fingerprint density at radius 2 is 1.92 bits per heavy atom. The van der Waals surface area contributed by atoms with Gasteiger partial charge in [-0.25, -0.2) is 0 Å². The van der Waals surface area contributed by atoms with Gasteiger partial charge < -0.3 is 10.8 Å². The van der Waals surface area contributed by atoms with Crippen molar-refractivity contribution in [3.63, 3.8) is 0 Å². The van der Waals surface area contributed by atoms with E-state index in [1.54, 1.807) is 0 Å². The number of nitrogens with two attached hydrogens (primary N) is 1. The van der Waals surface area contributed by atoms with Crippen molar-refractivity contribution in [2.45, 2.75) is 12.5 Å². The Bertz CT molecular complexity index is 148. The Morgan fingerprint density at radius 1 is 1.58 bits per heavy atom. The molecule has 0 aliphatic rings. The second-order valence-corrected chi connectivity index (χ2v) is 2.60. The summed E-state index contributed by atoms with van der Waals surface area (Å²) in [5.74, 6) is -0.438. The Kier molecular flexibility index (Phi) is 10.7. The van der Waals surface area contributed by atoms with Crippen molar-refractivity contribution in [2.24, 2.45) is 5.73 Å². The summed E-state index contributed by atoms with van der Waals surface area (Å²) in [5, 5.41) is 8.15. The molecule has 74 valence electrons. The number of carboxylic acids is 1. The van der Waals surface area contributed by atoms with Gasteiger partial charge >= 0.3 is 5.97 Å². The van der Waals surface area contributed by atoms with Crippen molar-refractivity contribution >= 4 is 30.0 Å². The SMILES string of the molecule is NC(CCS)C(=O)O.O=S(O)O. The molecule has 0 aliphatic carbocycles. The predicted molar refractivity (Wildman–Crippen MR) is 47.5 cm³/mol. The van der Waals surface area contributed by atoms with Crippen molar-refractivity contribution in [1.82, 2.24) is 0 Å². The largest absolute Gasteiger partial charge is 0.480 e. The molecular formula is C4H11NO5S2. The average Bonchev–Trinajstić information content (AvgIpc) is 1.86. The number of thiol groups is 1. The Balaban J connectivity index is 0. The number of hydrogen-bond acceptors (Lipinski definition) is 4. The van der Waals surface area contributed by atoms with E-state index in [0.717, 1.165) is 0 Å². The van der Waals surface area contributed by atoms with Crippen LogP contribution < -0.4 is 5.73 Å². The lowest BCUT2D eigenvalue weighted by atomic mass is 10.2. The summed E-state index contributed by atoms with van der Waals surface area (Å²) in [6.45, 7) is 0. The molecule has 0 heterocycles. The van der Waals surface area contributed by atoms with Gasteiger partial charge in [0.05, 0.1) is 0 Å². The van der Waals surface area contributed by atoms with Crippen LogP contribution in [0.5, 0.6) is 0 Å². The molecule has 0 spiro atoms. The molecule has 0 saturated carbocycles. The van der Waals surface area contributed by atoms with Gasteiger partial charge in [-0.1, -0.05) is 0 Å². The van der Waals surface area contributed by atoms with Crippen LogP contribution in [-0.4, -0.2) is 36.2 Å². The monoisotopic (exact) mass is 217 g/mol. The Morgan fingerprint density at radius 3 is 2.00 bits per heavy atom. The maximum absolute atomic E-state index is 9.93. The molecule has 0 fully saturated rings. The third-order valence-corrected chi connectivity index (χ3v) is 1.02. The van der Waals surface area contributed by atoms with E-state index in [2.05, 4.69) is 12.6 Å². The van der Waals surface area contributed by atoms with Crippen LogP contribution in [0.2, 0.25) is 0 Å². The molecule has 0 aromatic rings. The molecule has 0 amide bonds. The first-order valence-electron chi connectivity index (χ1n) is 2.81. The van der Waals surface area contributed by atoms with Gasteiger partial charge in [-0.15, -0.1) is 0 Å². The van der Waals surface area contributed by atoms with Crippen molar-refractivity contribution in [3.05, 3.63) is 0 Å². The summed E-state index contributed by atoms with van der Waals surface area (Å²) >= 11 is 1.20. The Hall–Kier alpha value is -0.150. The topological polar surface area (TPSA) is 121 Å². The predicted octanol–water partition coefficient (Wildman–Crippen LogP) is -0.601. The van der Waals surface area contributed by atoms with Crippen LogP contribution in [0, 0.1) is 0 Å². The summed E-state index contributed by atoms with van der Waals surface area (Å²) in [5.41, 5.74) is 5.08. The summed E-state index contributed by atoms with van der Waals surface area (Å²) in [4.78, 5) is 9.93. The Labute approximate surface area is 77.7 Å². The van der Waals surface area contributed by atoms with Crippen LogP contribution in [0.4, 0.5) is 0 Å². The number of hydrogen-bond donors (Lipinski definition) is 5. The van der Waals surface area contributed by atoms with Gasteiger partial charge in [0, 0.05) is 0 Å². The summed E-state index contributed by atoms with van der Waals surface area (Å²) in [7, 11) is 0. The van der Waals surface area contributed by atoms with Crippen molar-refractivity contribution in [1.29, 1.82) is 0 Å². The highest BCUT2D eigenvalue weighted by molar-refractivity contribution is 7.80. The number of carboxylic acid groups (broad SMARTS) is 1. The molecule has 0 aromatic carbocycles. The number of rotatable bonds is 3. The van der Waals surface area contributed by atoms with Gasteiger partial charge in [-0.05, 0) is 12.2 Å². The lowest BCUT2D eigenvalue weighted by Gasteiger charge is -2.00. The van der Waals surface area contributed by atoms with E-state index in [-0.39, 0.29) is 0 Å². The fourth-order valence-corrected chi connectivity index (χ4v) is 0.541. The third kappa shape index (κ3) is 16.4. The van der Waals surface area contributed by atoms with Gasteiger partial charge in [0.1, 0.15) is 6.04 Å². The van der Waals surface area contributed by atoms with E-state index in [4.69, 9.17) is 24.2 Å². The second-order valence-electron chi connectivity index (χ2n) is 1.69. The summed E-state index contributed by atoms with van der Waals surface area (Å²) in [6.07, 6.45) is 0.429. The van der Waals surface area contributed by atoms with E-state index in [1.165, 1.54) is 0 Å². The van der Waals surface area contributed by atoms with Gasteiger partial charge in [0.2, 0.25) is 0 Å². The highest BCUT2D eigenvalue weighted by Crippen LogP contribution is 1.88. The van der Waals surface area contributed by atoms with Crippen molar-refractivity contribution in [2.75, 3.05) is 5.75 Å². The maximum Gasteiger partial charge on any atom is 0.320 e. The lowest BCUT2D eigenvalue weighted by molar-refractivity contribution is -0.138. The third-order valence-electron chi connectivity index (χ3n) is 0.757. The zero-order chi connectivity index (χ0) is 10.1. The van der Waals surface area contributed by atoms with Crippen LogP contribution in [0.25, 0.3) is 0 Å². The molecule has 12 heavy (non-hydrogen) atoms. The molecule has 5 N–H and O–H groups in total. The normalized spacial score (nSPS) is 11.8. The molecule has 6 nitrogen and oxygen atoms in total. The fraction of sp³-hybridized carbons (Fsp3) is 0.750. The van der Waals surface area contributed by atoms with Gasteiger partial charge in [0.15, 0.2) is 0 Å². The molecule has 0 radical (unpaired) electrons. The average molecular weight is 217 g/mol. The van der Waals surface area contributed by atoms with Crippen LogP contribution in [0.3, 0.4) is 0 Å². The quantitative estimate of drug-likeness (QED) is 0.318. The molecule has 1 unspecified atom stereocenters. The van der Waals surface area contributed by atoms with Gasteiger partial charge in [0.25, 0.3) is 11.4 Å². The molecule has 0 bridgehead atoms. The molecule has 0 aliphatic heterocycles. The smallest absolute Gasteiger partial charge is 0.320 e. The van der Waals surface area contributed by atoms with Crippen molar-refractivity contribution < 1.29 is 23.2 Å². The standard InChI is InChI=1S/C4H9NO2S.H2O3S/c5-3(1-2-8)4(6)7;1-4(2)3/h3,8H,1-2,5H2,(H,6,7);(H2,1,2,3). The van der Waals surface area contributed by atoms with Crippen molar-refractivity contribution in [3.8, 4) is 0 Å². The highest BCUT2D eigenvalue weighted by atomic mass is 32.2. The second kappa shape index (κ2) is 8.94. The zero-order valence-corrected chi connectivity index (χ0v) is 7.79. The minimum Gasteiger partial charge on any atom is -0.480 e. The minimum atomic E-state index is -2.61. The van der Waals surface area contributed by atoms with E-state index in [1.807, 2.05) is 0 Å². The molecule has 8 heteroatoms. The molecule has 1 atom stereocenters. The number of aliphatic carboxylic acids is 1. The summed E-state index contributed by atoms with van der Waals surface area (Å²) < 4.78 is 22.8. The molecular weight excluding hydrogens is 206 g/mol. The van der Waals surface area contributed by atoms with E-state index in [0.29, 0.717) is 12.2 Å². The van der Waals surface area contributed by atoms with E-state index < -0.39 is 23.4 Å². The lowest BCUT2D eigenvalue weighted by Crippen LogP contribution is -2.30. The highest BCUT2D eigenvalue weighted by Gasteiger charge is 2.08. The minimum absolute atomic E-state index is 0.429. The maximum atomic E-state index is 9.93. The van der Waals surface area contributed by atoms with Crippen LogP contribution in [-0.2, 0) is 16.2 Å². The van der Waals surface area contributed by atoms with Gasteiger partial charge in [-0.2, -0.15) is 16.8 Å². The first-order chi connectivity index (χ1) is 5.41. The van der Waals surface area contributed by atoms with Crippen LogP contribution in [0.1, 0.15) is 6.42 Å². The van der Waals surface area contributed by atoms with Crippen LogP contribution >= 0.6 is 12.6 Å². The fourth-order valence-electron chi connectivity index (χ4n) is 0.263. The first kappa shape index (κ1) is 14.4. The molecule has 0 rings (SSSR count). The van der Waals surface area contributed by atoms with Crippen LogP contribution in [0.15, 0.2) is 0 Å². The van der Waals surface area contributed by atoms with Gasteiger partial charge in [-0.3, -0.25) is 13.9 Å². The van der Waals surface area contributed by atoms with E-state index >= 15 is 0 Å².